The van der Waals surface area contributed by atoms with Gasteiger partial charge in [0, 0.05) is 29.8 Å². The first-order chi connectivity index (χ1) is 18.0. The molecular weight excluding hydrogens is 488 g/mol. The summed E-state index contributed by atoms with van der Waals surface area (Å²) in [6.45, 7) is 2.92. The zero-order chi connectivity index (χ0) is 25.9. The molecule has 1 unspecified atom stereocenters. The lowest BCUT2D eigenvalue weighted by Gasteiger charge is -2.39. The molecule has 7 nitrogen and oxygen atoms in total. The highest BCUT2D eigenvalue weighted by atomic mass is 32.1. The molecule has 190 valence electrons. The van der Waals surface area contributed by atoms with Crippen LogP contribution in [0.25, 0.3) is 11.0 Å². The van der Waals surface area contributed by atoms with E-state index in [1.54, 1.807) is 20.3 Å². The second kappa shape index (κ2) is 10.5. The SMILES string of the molecule is COc1cc2c(cc1OC)C(COc1ccc3c(C)cc(=O)oc3c1)N(C(=S)Nc1ccccc1)CC2. The van der Waals surface area contributed by atoms with Crippen LogP contribution in [0.15, 0.2) is 75.9 Å². The molecule has 3 aromatic carbocycles. The molecule has 0 saturated carbocycles. The van der Waals surface area contributed by atoms with Gasteiger partial charge in [0.05, 0.1) is 20.3 Å². The zero-order valence-corrected chi connectivity index (χ0v) is 21.8. The maximum absolute atomic E-state index is 11.9. The first kappa shape index (κ1) is 24.6. The van der Waals surface area contributed by atoms with Crippen molar-refractivity contribution in [3.05, 3.63) is 93.8 Å². The van der Waals surface area contributed by atoms with Crippen LogP contribution in [0.1, 0.15) is 22.7 Å². The smallest absolute Gasteiger partial charge is 0.336 e. The van der Waals surface area contributed by atoms with E-state index in [-0.39, 0.29) is 11.7 Å². The van der Waals surface area contributed by atoms with Gasteiger partial charge in [-0.3, -0.25) is 0 Å². The van der Waals surface area contributed by atoms with Gasteiger partial charge in [-0.2, -0.15) is 0 Å². The number of aryl methyl sites for hydroxylation is 1. The molecule has 8 heteroatoms. The fraction of sp³-hybridized carbons (Fsp3) is 0.241. The predicted molar refractivity (Wildman–Crippen MR) is 148 cm³/mol. The van der Waals surface area contributed by atoms with Crippen LogP contribution in [-0.4, -0.2) is 37.4 Å². The quantitative estimate of drug-likeness (QED) is 0.266. The molecular formula is C29H28N2O5S. The molecule has 0 radical (unpaired) electrons. The van der Waals surface area contributed by atoms with Gasteiger partial charge in [-0.1, -0.05) is 18.2 Å². The van der Waals surface area contributed by atoms with E-state index < -0.39 is 0 Å². The second-order valence-corrected chi connectivity index (χ2v) is 9.27. The number of methoxy groups -OCH3 is 2. The minimum atomic E-state index is -0.382. The van der Waals surface area contributed by atoms with Crippen molar-refractivity contribution in [2.24, 2.45) is 0 Å². The number of hydrogen-bond donors (Lipinski definition) is 1. The largest absolute Gasteiger partial charge is 0.493 e. The maximum Gasteiger partial charge on any atom is 0.336 e. The molecule has 1 atom stereocenters. The van der Waals surface area contributed by atoms with Gasteiger partial charge in [0.1, 0.15) is 17.9 Å². The van der Waals surface area contributed by atoms with E-state index in [2.05, 4.69) is 10.2 Å². The number of nitrogens with zero attached hydrogens (tertiary/aromatic N) is 1. The van der Waals surface area contributed by atoms with Crippen LogP contribution in [0.5, 0.6) is 17.2 Å². The van der Waals surface area contributed by atoms with Crippen molar-refractivity contribution in [2.75, 3.05) is 32.7 Å². The third-order valence-corrected chi connectivity index (χ3v) is 6.96. The molecule has 37 heavy (non-hydrogen) atoms. The normalized spacial score (nSPS) is 14.7. The highest BCUT2D eigenvalue weighted by molar-refractivity contribution is 7.80. The van der Waals surface area contributed by atoms with Gasteiger partial charge in [-0.15, -0.1) is 0 Å². The van der Waals surface area contributed by atoms with Crippen LogP contribution in [0, 0.1) is 6.92 Å². The fourth-order valence-electron chi connectivity index (χ4n) is 4.74. The number of fused-ring (bicyclic) bond motifs is 2. The lowest BCUT2D eigenvalue weighted by Crippen LogP contribution is -2.44. The summed E-state index contributed by atoms with van der Waals surface area (Å²) in [6, 6.07) is 20.7. The average molecular weight is 517 g/mol. The summed E-state index contributed by atoms with van der Waals surface area (Å²) in [5.41, 5.74) is 4.12. The number of benzene rings is 3. The summed E-state index contributed by atoms with van der Waals surface area (Å²) in [5.74, 6) is 1.95. The summed E-state index contributed by atoms with van der Waals surface area (Å²) in [4.78, 5) is 14.0. The van der Waals surface area contributed by atoms with Crippen LogP contribution in [-0.2, 0) is 6.42 Å². The number of thiocarbonyl (C=S) groups is 1. The Morgan fingerprint density at radius 1 is 1.05 bits per heavy atom. The van der Waals surface area contributed by atoms with Crippen molar-refractivity contribution in [1.29, 1.82) is 0 Å². The number of para-hydroxylation sites is 1. The van der Waals surface area contributed by atoms with Crippen LogP contribution in [0.3, 0.4) is 0 Å². The van der Waals surface area contributed by atoms with Crippen molar-refractivity contribution in [3.63, 3.8) is 0 Å². The summed E-state index contributed by atoms with van der Waals surface area (Å²) >= 11 is 5.85. The molecule has 0 amide bonds. The van der Waals surface area contributed by atoms with Crippen LogP contribution >= 0.6 is 12.2 Å². The van der Waals surface area contributed by atoms with Crippen molar-refractivity contribution < 1.29 is 18.6 Å². The Balaban J connectivity index is 1.47. The molecule has 2 heterocycles. The van der Waals surface area contributed by atoms with E-state index in [9.17, 15) is 4.79 Å². The average Bonchev–Trinajstić information content (AvgIpc) is 2.90. The topological polar surface area (TPSA) is 73.2 Å². The van der Waals surface area contributed by atoms with Gasteiger partial charge < -0.3 is 28.8 Å². The number of hydrogen-bond acceptors (Lipinski definition) is 6. The lowest BCUT2D eigenvalue weighted by atomic mass is 9.92. The highest BCUT2D eigenvalue weighted by Crippen LogP contribution is 2.39. The van der Waals surface area contributed by atoms with Gasteiger partial charge in [0.25, 0.3) is 0 Å². The van der Waals surface area contributed by atoms with Crippen LogP contribution in [0.4, 0.5) is 5.69 Å². The molecule has 0 aliphatic carbocycles. The molecule has 1 N–H and O–H groups in total. The predicted octanol–water partition coefficient (Wildman–Crippen LogP) is 5.49. The molecule has 0 spiro atoms. The Morgan fingerprint density at radius 2 is 1.81 bits per heavy atom. The van der Waals surface area contributed by atoms with Gasteiger partial charge >= 0.3 is 5.63 Å². The summed E-state index contributed by atoms with van der Waals surface area (Å²) < 4.78 is 22.8. The first-order valence-corrected chi connectivity index (χ1v) is 12.4. The molecule has 0 fully saturated rings. The molecule has 1 aromatic heterocycles. The van der Waals surface area contributed by atoms with Crippen LogP contribution < -0.4 is 25.2 Å². The summed E-state index contributed by atoms with van der Waals surface area (Å²) in [6.07, 6.45) is 0.795. The fourth-order valence-corrected chi connectivity index (χ4v) is 5.07. The maximum atomic E-state index is 11.9. The van der Waals surface area contributed by atoms with E-state index in [1.807, 2.05) is 61.5 Å². The Kier molecular flexibility index (Phi) is 7.01. The van der Waals surface area contributed by atoms with E-state index in [0.29, 0.717) is 41.1 Å². The van der Waals surface area contributed by atoms with Gasteiger partial charge in [0.15, 0.2) is 16.6 Å². The third-order valence-electron chi connectivity index (χ3n) is 6.62. The summed E-state index contributed by atoms with van der Waals surface area (Å²) in [7, 11) is 3.27. The molecule has 0 bridgehead atoms. The lowest BCUT2D eigenvalue weighted by molar-refractivity contribution is 0.190. The third kappa shape index (κ3) is 5.11. The monoisotopic (exact) mass is 516 g/mol. The molecule has 4 aromatic rings. The van der Waals surface area contributed by atoms with E-state index >= 15 is 0 Å². The molecule has 0 saturated heterocycles. The molecule has 1 aliphatic rings. The van der Waals surface area contributed by atoms with Crippen molar-refractivity contribution in [3.8, 4) is 17.2 Å². The zero-order valence-electron chi connectivity index (χ0n) is 20.9. The number of ether oxygens (including phenoxy) is 3. The Bertz CT molecular complexity index is 1500. The first-order valence-electron chi connectivity index (χ1n) is 12.0. The van der Waals surface area contributed by atoms with Gasteiger partial charge in [-0.05, 0) is 78.7 Å². The standard InChI is InChI=1S/C29H28N2O5S/c1-18-13-28(32)36-25-15-21(9-10-22(18)25)35-17-24-23-16-27(34-3)26(33-2)14-19(23)11-12-31(24)29(37)30-20-7-5-4-6-8-20/h4-10,13-16,24H,11-12,17H2,1-3H3,(H,30,37). The van der Waals surface area contributed by atoms with E-state index in [1.165, 1.54) is 6.07 Å². The Hall–Kier alpha value is -4.04. The summed E-state index contributed by atoms with van der Waals surface area (Å²) in [5, 5.41) is 4.84. The minimum Gasteiger partial charge on any atom is -0.493 e. The Labute approximate surface area is 220 Å². The van der Waals surface area contributed by atoms with Crippen molar-refractivity contribution in [1.82, 2.24) is 4.90 Å². The number of anilines is 1. The van der Waals surface area contributed by atoms with E-state index in [0.717, 1.165) is 34.2 Å². The highest BCUT2D eigenvalue weighted by Gasteiger charge is 2.31. The van der Waals surface area contributed by atoms with Gasteiger partial charge in [0.2, 0.25) is 0 Å². The van der Waals surface area contributed by atoms with Crippen molar-refractivity contribution in [2.45, 2.75) is 19.4 Å². The minimum absolute atomic E-state index is 0.188. The molecule has 5 rings (SSSR count). The number of nitrogens with one attached hydrogen (secondary N) is 1. The van der Waals surface area contributed by atoms with Gasteiger partial charge in [-0.25, -0.2) is 4.79 Å². The second-order valence-electron chi connectivity index (χ2n) is 8.88. The number of rotatable bonds is 6. The van der Waals surface area contributed by atoms with Crippen LogP contribution in [0.2, 0.25) is 0 Å². The molecule has 1 aliphatic heterocycles. The Morgan fingerprint density at radius 3 is 2.57 bits per heavy atom. The van der Waals surface area contributed by atoms with Crippen molar-refractivity contribution >= 4 is 34.0 Å². The van der Waals surface area contributed by atoms with E-state index in [4.69, 9.17) is 30.8 Å².